The van der Waals surface area contributed by atoms with Crippen LogP contribution >= 0.6 is 12.4 Å². The van der Waals surface area contributed by atoms with Crippen LogP contribution in [-0.4, -0.2) is 27.3 Å². The molecule has 1 amide bonds. The average Bonchev–Trinajstić information content (AvgIpc) is 3.32. The lowest BCUT2D eigenvalue weighted by atomic mass is 10.1. The first kappa shape index (κ1) is 19.1. The molecule has 0 saturated carbocycles. The number of aryl methyl sites for hydroxylation is 2. The van der Waals surface area contributed by atoms with Gasteiger partial charge in [-0.3, -0.25) is 4.79 Å². The topological polar surface area (TPSA) is 98.4 Å². The van der Waals surface area contributed by atoms with Crippen molar-refractivity contribution < 1.29 is 13.6 Å². The molecule has 3 heterocycles. The minimum atomic E-state index is -0.173. The van der Waals surface area contributed by atoms with E-state index in [0.29, 0.717) is 25.4 Å². The summed E-state index contributed by atoms with van der Waals surface area (Å²) in [7, 11) is 0. The summed E-state index contributed by atoms with van der Waals surface area (Å²) in [6.45, 7) is 1.17. The van der Waals surface area contributed by atoms with Crippen LogP contribution in [0.3, 0.4) is 0 Å². The molecule has 3 aromatic rings. The molecule has 0 saturated heterocycles. The fourth-order valence-corrected chi connectivity index (χ4v) is 3.09. The fourth-order valence-electron chi connectivity index (χ4n) is 3.09. The van der Waals surface area contributed by atoms with Crippen LogP contribution in [0.5, 0.6) is 0 Å². The summed E-state index contributed by atoms with van der Waals surface area (Å²) in [5, 5.41) is 0. The number of nitrogens with two attached hydrogens (primary N) is 1. The van der Waals surface area contributed by atoms with Crippen LogP contribution < -0.4 is 5.73 Å². The van der Waals surface area contributed by atoms with E-state index in [0.717, 1.165) is 30.2 Å². The third-order valence-corrected chi connectivity index (χ3v) is 4.48. The Labute approximate surface area is 163 Å². The summed E-state index contributed by atoms with van der Waals surface area (Å²) < 4.78 is 11.0. The predicted octanol–water partition coefficient (Wildman–Crippen LogP) is 2.53. The van der Waals surface area contributed by atoms with Gasteiger partial charge < -0.3 is 19.5 Å². The summed E-state index contributed by atoms with van der Waals surface area (Å²) in [5.74, 6) is 1.78. The van der Waals surface area contributed by atoms with E-state index < -0.39 is 0 Å². The van der Waals surface area contributed by atoms with Crippen molar-refractivity contribution in [2.45, 2.75) is 32.4 Å². The normalized spacial score (nSPS) is 13.1. The van der Waals surface area contributed by atoms with E-state index in [1.54, 1.807) is 4.90 Å². The Hall–Kier alpha value is -2.64. The Morgan fingerprint density at radius 3 is 2.70 bits per heavy atom. The van der Waals surface area contributed by atoms with E-state index in [4.69, 9.17) is 14.6 Å². The highest BCUT2D eigenvalue weighted by molar-refractivity contribution is 5.92. The Morgan fingerprint density at radius 1 is 1.15 bits per heavy atom. The molecule has 7 nitrogen and oxygen atoms in total. The zero-order valence-electron chi connectivity index (χ0n) is 14.8. The molecule has 0 unspecified atom stereocenters. The minimum absolute atomic E-state index is 0. The number of carbonyl (C=O) groups excluding carboxylic acids is 1. The highest BCUT2D eigenvalue weighted by atomic mass is 35.5. The molecule has 142 valence electrons. The van der Waals surface area contributed by atoms with Crippen LogP contribution in [0.1, 0.15) is 39.3 Å². The average molecular weight is 389 g/mol. The number of aromatic nitrogens is 2. The molecule has 1 aliphatic heterocycles. The number of halogens is 1. The molecule has 1 aliphatic rings. The van der Waals surface area contributed by atoms with Crippen molar-refractivity contribution in [2.75, 3.05) is 6.54 Å². The molecule has 8 heteroatoms. The van der Waals surface area contributed by atoms with Crippen LogP contribution in [-0.2, 0) is 32.4 Å². The maximum atomic E-state index is 12.6. The van der Waals surface area contributed by atoms with Gasteiger partial charge >= 0.3 is 0 Å². The largest absolute Gasteiger partial charge is 0.447 e. The standard InChI is InChI=1S/C19H20N4O3.ClH/c20-10-18-22-15(12-25-18)19(24)23-9-8-16-14(11-23)21-17(26-16)7-6-13-4-2-1-3-5-13;/h1-5,12H,6-11,20H2;1H. The van der Waals surface area contributed by atoms with Gasteiger partial charge in [-0.1, -0.05) is 30.3 Å². The van der Waals surface area contributed by atoms with Gasteiger partial charge in [-0.15, -0.1) is 12.4 Å². The van der Waals surface area contributed by atoms with Gasteiger partial charge in [-0.05, 0) is 12.0 Å². The minimum Gasteiger partial charge on any atom is -0.447 e. The van der Waals surface area contributed by atoms with Crippen LogP contribution in [0.25, 0.3) is 0 Å². The third-order valence-electron chi connectivity index (χ3n) is 4.48. The summed E-state index contributed by atoms with van der Waals surface area (Å²) in [4.78, 5) is 23.0. The molecule has 0 aliphatic carbocycles. The van der Waals surface area contributed by atoms with Crippen molar-refractivity contribution in [3.05, 3.63) is 71.1 Å². The molecular formula is C19H21ClN4O3. The lowest BCUT2D eigenvalue weighted by molar-refractivity contribution is 0.0722. The van der Waals surface area contributed by atoms with Gasteiger partial charge in [0.25, 0.3) is 5.91 Å². The predicted molar refractivity (Wildman–Crippen MR) is 100 cm³/mol. The van der Waals surface area contributed by atoms with Gasteiger partial charge in [0.1, 0.15) is 17.7 Å². The summed E-state index contributed by atoms with van der Waals surface area (Å²) >= 11 is 0. The van der Waals surface area contributed by atoms with Crippen molar-refractivity contribution >= 4 is 18.3 Å². The molecular weight excluding hydrogens is 368 g/mol. The van der Waals surface area contributed by atoms with Gasteiger partial charge in [0, 0.05) is 19.4 Å². The lowest BCUT2D eigenvalue weighted by Crippen LogP contribution is -2.36. The second-order valence-corrected chi connectivity index (χ2v) is 6.27. The maximum absolute atomic E-state index is 12.6. The van der Waals surface area contributed by atoms with Gasteiger partial charge in [0.2, 0.25) is 5.89 Å². The molecule has 2 aromatic heterocycles. The zero-order valence-corrected chi connectivity index (χ0v) is 15.6. The summed E-state index contributed by atoms with van der Waals surface area (Å²) in [5.41, 5.74) is 7.83. The number of rotatable bonds is 5. The van der Waals surface area contributed by atoms with E-state index in [2.05, 4.69) is 22.1 Å². The summed E-state index contributed by atoms with van der Waals surface area (Å²) in [6.07, 6.45) is 3.63. The van der Waals surface area contributed by atoms with E-state index in [-0.39, 0.29) is 30.6 Å². The number of carbonyl (C=O) groups is 1. The van der Waals surface area contributed by atoms with E-state index in [9.17, 15) is 4.79 Å². The van der Waals surface area contributed by atoms with Crippen LogP contribution in [0.4, 0.5) is 0 Å². The van der Waals surface area contributed by atoms with Crippen LogP contribution in [0.15, 0.2) is 45.4 Å². The first-order valence-corrected chi connectivity index (χ1v) is 8.68. The molecule has 0 fully saturated rings. The first-order chi connectivity index (χ1) is 12.7. The molecule has 0 spiro atoms. The SMILES string of the molecule is Cl.NCc1nc(C(=O)N2CCc3oc(CCc4ccccc4)nc3C2)co1. The quantitative estimate of drug-likeness (QED) is 0.721. The molecule has 27 heavy (non-hydrogen) atoms. The summed E-state index contributed by atoms with van der Waals surface area (Å²) in [6, 6.07) is 10.2. The fraction of sp³-hybridized carbons (Fsp3) is 0.316. The second kappa shape index (κ2) is 8.37. The monoisotopic (exact) mass is 388 g/mol. The molecule has 1 aromatic carbocycles. The number of nitrogens with zero attached hydrogens (tertiary/aromatic N) is 3. The molecule has 4 rings (SSSR count). The van der Waals surface area contributed by atoms with Crippen molar-refractivity contribution in [3.8, 4) is 0 Å². The van der Waals surface area contributed by atoms with Crippen molar-refractivity contribution in [2.24, 2.45) is 5.73 Å². The smallest absolute Gasteiger partial charge is 0.276 e. The van der Waals surface area contributed by atoms with E-state index in [1.807, 2.05) is 18.2 Å². The van der Waals surface area contributed by atoms with Crippen LogP contribution in [0.2, 0.25) is 0 Å². The molecule has 0 radical (unpaired) electrons. The molecule has 0 atom stereocenters. The highest BCUT2D eigenvalue weighted by Gasteiger charge is 2.27. The number of amides is 1. The zero-order chi connectivity index (χ0) is 17.9. The van der Waals surface area contributed by atoms with Gasteiger partial charge in [-0.25, -0.2) is 9.97 Å². The molecule has 2 N–H and O–H groups in total. The Kier molecular flexibility index (Phi) is 5.93. The number of oxazole rings is 2. The lowest BCUT2D eigenvalue weighted by Gasteiger charge is -2.24. The number of fused-ring (bicyclic) bond motifs is 1. The van der Waals surface area contributed by atoms with Gasteiger partial charge in [0.15, 0.2) is 11.6 Å². The van der Waals surface area contributed by atoms with Gasteiger partial charge in [0.05, 0.1) is 13.1 Å². The van der Waals surface area contributed by atoms with Crippen molar-refractivity contribution in [3.63, 3.8) is 0 Å². The molecule has 0 bridgehead atoms. The number of hydrogen-bond donors (Lipinski definition) is 1. The Morgan fingerprint density at radius 2 is 1.96 bits per heavy atom. The number of hydrogen-bond acceptors (Lipinski definition) is 6. The third kappa shape index (κ3) is 4.20. The van der Waals surface area contributed by atoms with Crippen molar-refractivity contribution in [1.82, 2.24) is 14.9 Å². The van der Waals surface area contributed by atoms with E-state index in [1.165, 1.54) is 11.8 Å². The highest BCUT2D eigenvalue weighted by Crippen LogP contribution is 2.22. The Balaban J connectivity index is 0.00000210. The first-order valence-electron chi connectivity index (χ1n) is 8.68. The maximum Gasteiger partial charge on any atom is 0.276 e. The second-order valence-electron chi connectivity index (χ2n) is 6.27. The number of benzene rings is 1. The van der Waals surface area contributed by atoms with Gasteiger partial charge in [-0.2, -0.15) is 0 Å². The van der Waals surface area contributed by atoms with E-state index >= 15 is 0 Å². The van der Waals surface area contributed by atoms with Crippen LogP contribution in [0, 0.1) is 0 Å². The van der Waals surface area contributed by atoms with Crippen molar-refractivity contribution in [1.29, 1.82) is 0 Å². The Bertz CT molecular complexity index is 907.